The molecule has 146 valence electrons. The smallest absolute Gasteiger partial charge is 0.410 e. The Labute approximate surface area is 163 Å². The van der Waals surface area contributed by atoms with Crippen LogP contribution in [-0.4, -0.2) is 63.8 Å². The molecule has 0 saturated carbocycles. The Kier molecular flexibility index (Phi) is 6.26. The average molecular weight is 392 g/mol. The van der Waals surface area contributed by atoms with E-state index in [-0.39, 0.29) is 17.8 Å². The van der Waals surface area contributed by atoms with Crippen molar-refractivity contribution in [2.24, 2.45) is 5.92 Å². The Hall–Kier alpha value is -2.22. The number of benzene rings is 1. The number of aliphatic carboxylic acids is 1. The van der Waals surface area contributed by atoms with E-state index < -0.39 is 24.0 Å². The largest absolute Gasteiger partial charge is 0.481 e. The lowest BCUT2D eigenvalue weighted by atomic mass is 9.96. The summed E-state index contributed by atoms with van der Waals surface area (Å²) in [6.07, 6.45) is 0.836. The predicted molar refractivity (Wildman–Crippen MR) is 101 cm³/mol. The number of rotatable bonds is 4. The number of amides is 2. The first-order valence-electron chi connectivity index (χ1n) is 9.12. The third kappa shape index (κ3) is 4.74. The monoisotopic (exact) mass is 392 g/mol. The molecular weight excluding hydrogens is 368 g/mol. The number of carbonyl (C=O) groups is 3. The number of piperidine rings is 1. The van der Waals surface area contributed by atoms with Gasteiger partial charge < -0.3 is 14.7 Å². The molecule has 1 aromatic rings. The summed E-state index contributed by atoms with van der Waals surface area (Å²) in [6.45, 7) is 1.31. The molecule has 3 rings (SSSR count). The van der Waals surface area contributed by atoms with Crippen molar-refractivity contribution in [2.45, 2.75) is 37.2 Å². The van der Waals surface area contributed by atoms with Gasteiger partial charge >= 0.3 is 12.1 Å². The summed E-state index contributed by atoms with van der Waals surface area (Å²) < 4.78 is 5.38. The van der Waals surface area contributed by atoms with E-state index in [4.69, 9.17) is 9.84 Å². The number of thiol groups is 1. The van der Waals surface area contributed by atoms with Crippen LogP contribution in [-0.2, 0) is 20.9 Å². The van der Waals surface area contributed by atoms with Crippen molar-refractivity contribution < 1.29 is 24.2 Å². The minimum atomic E-state index is -0.815. The number of carbonyl (C=O) groups excluding carboxylic acids is 2. The number of carboxylic acid groups (broad SMARTS) is 1. The van der Waals surface area contributed by atoms with E-state index in [1.807, 2.05) is 30.3 Å². The van der Waals surface area contributed by atoms with Gasteiger partial charge in [-0.3, -0.25) is 14.5 Å². The second-order valence-corrected chi connectivity index (χ2v) is 7.77. The van der Waals surface area contributed by atoms with E-state index in [0.717, 1.165) is 5.56 Å². The van der Waals surface area contributed by atoms with Crippen molar-refractivity contribution in [1.29, 1.82) is 0 Å². The van der Waals surface area contributed by atoms with Crippen molar-refractivity contribution in [2.75, 3.05) is 19.6 Å². The summed E-state index contributed by atoms with van der Waals surface area (Å²) in [6, 6.07) is 8.77. The fraction of sp³-hybridized carbons (Fsp3) is 0.526. The van der Waals surface area contributed by atoms with Crippen LogP contribution in [0.15, 0.2) is 30.3 Å². The van der Waals surface area contributed by atoms with E-state index in [1.54, 1.807) is 4.90 Å². The fourth-order valence-electron chi connectivity index (χ4n) is 3.61. The van der Waals surface area contributed by atoms with Crippen molar-refractivity contribution in [3.63, 3.8) is 0 Å². The quantitative estimate of drug-likeness (QED) is 0.766. The zero-order valence-corrected chi connectivity index (χ0v) is 15.9. The lowest BCUT2D eigenvalue weighted by molar-refractivity contribution is -0.146. The topological polar surface area (TPSA) is 87.2 Å². The van der Waals surface area contributed by atoms with Gasteiger partial charge in [0, 0.05) is 24.9 Å². The number of ether oxygens (including phenoxy) is 1. The summed E-state index contributed by atoms with van der Waals surface area (Å²) in [5.74, 6) is -1.36. The third-order valence-corrected chi connectivity index (χ3v) is 5.53. The second kappa shape index (κ2) is 8.65. The highest BCUT2D eigenvalue weighted by Gasteiger charge is 2.42. The number of nitrogens with zero attached hydrogens (tertiary/aromatic N) is 2. The van der Waals surface area contributed by atoms with Crippen LogP contribution in [0.3, 0.4) is 0 Å². The lowest BCUT2D eigenvalue weighted by Crippen LogP contribution is -2.50. The van der Waals surface area contributed by atoms with Gasteiger partial charge in [-0.25, -0.2) is 4.79 Å². The molecule has 0 bridgehead atoms. The zero-order chi connectivity index (χ0) is 19.4. The number of hydrogen-bond donors (Lipinski definition) is 2. The van der Waals surface area contributed by atoms with Crippen LogP contribution in [0.1, 0.15) is 24.8 Å². The Bertz CT molecular complexity index is 691. The molecule has 2 aliphatic heterocycles. The maximum absolute atomic E-state index is 12.9. The van der Waals surface area contributed by atoms with Gasteiger partial charge in [-0.15, -0.1) is 0 Å². The normalized spacial score (nSPS) is 23.3. The van der Waals surface area contributed by atoms with Crippen LogP contribution in [0.5, 0.6) is 0 Å². The molecular formula is C19H24N2O5S. The molecule has 2 aliphatic rings. The van der Waals surface area contributed by atoms with Gasteiger partial charge in [0.2, 0.25) is 5.91 Å². The number of hydrogen-bond acceptors (Lipinski definition) is 5. The first-order valence-corrected chi connectivity index (χ1v) is 9.64. The molecule has 2 saturated heterocycles. The van der Waals surface area contributed by atoms with E-state index in [2.05, 4.69) is 12.6 Å². The van der Waals surface area contributed by atoms with Crippen LogP contribution in [0, 0.1) is 5.92 Å². The van der Waals surface area contributed by atoms with Crippen LogP contribution < -0.4 is 0 Å². The minimum Gasteiger partial charge on any atom is -0.481 e. The van der Waals surface area contributed by atoms with Crippen molar-refractivity contribution in [3.05, 3.63) is 35.9 Å². The summed E-state index contributed by atoms with van der Waals surface area (Å²) in [7, 11) is 0. The maximum Gasteiger partial charge on any atom is 0.410 e. The summed E-state index contributed by atoms with van der Waals surface area (Å²) in [5, 5.41) is 9.01. The highest BCUT2D eigenvalue weighted by molar-refractivity contribution is 7.81. The van der Waals surface area contributed by atoms with E-state index in [1.165, 1.54) is 4.90 Å². The molecule has 2 atom stereocenters. The highest BCUT2D eigenvalue weighted by Crippen LogP contribution is 2.27. The molecule has 0 radical (unpaired) electrons. The van der Waals surface area contributed by atoms with Crippen LogP contribution in [0.25, 0.3) is 0 Å². The molecule has 0 aromatic heterocycles. The summed E-state index contributed by atoms with van der Waals surface area (Å²) >= 11 is 4.45. The van der Waals surface area contributed by atoms with Gasteiger partial charge in [0.15, 0.2) is 0 Å². The molecule has 2 fully saturated rings. The molecule has 0 spiro atoms. The van der Waals surface area contributed by atoms with Gasteiger partial charge in [0.1, 0.15) is 12.6 Å². The van der Waals surface area contributed by atoms with Crippen molar-refractivity contribution in [3.8, 4) is 0 Å². The molecule has 27 heavy (non-hydrogen) atoms. The molecule has 0 unspecified atom stereocenters. The van der Waals surface area contributed by atoms with Gasteiger partial charge in [-0.1, -0.05) is 30.3 Å². The highest BCUT2D eigenvalue weighted by atomic mass is 32.1. The van der Waals surface area contributed by atoms with Gasteiger partial charge in [-0.2, -0.15) is 12.6 Å². The SMILES string of the molecule is O=C(O)C1CCN(C(=O)[C@@H]2C[C@@H](S)CN2C(=O)OCc2ccccc2)CC1. The van der Waals surface area contributed by atoms with Gasteiger partial charge in [-0.05, 0) is 24.8 Å². The van der Waals surface area contributed by atoms with E-state index in [0.29, 0.717) is 38.9 Å². The Balaban J connectivity index is 1.59. The van der Waals surface area contributed by atoms with Crippen LogP contribution in [0.2, 0.25) is 0 Å². The van der Waals surface area contributed by atoms with E-state index >= 15 is 0 Å². The molecule has 2 heterocycles. The molecule has 7 nitrogen and oxygen atoms in total. The standard InChI is InChI=1S/C19H24N2O5S/c22-17(20-8-6-14(7-9-20)18(23)24)16-10-15(27)11-21(16)19(25)26-12-13-4-2-1-3-5-13/h1-5,14-16,27H,6-12H2,(H,23,24)/t15-,16+/m1/s1. The Morgan fingerprint density at radius 2 is 1.81 bits per heavy atom. The average Bonchev–Trinajstić information content (AvgIpc) is 3.08. The molecule has 2 amide bonds. The minimum absolute atomic E-state index is 0.0835. The van der Waals surface area contributed by atoms with Crippen molar-refractivity contribution >= 4 is 30.6 Å². The first kappa shape index (κ1) is 19.5. The predicted octanol–water partition coefficient (Wildman–Crippen LogP) is 2.02. The van der Waals surface area contributed by atoms with Crippen LogP contribution in [0.4, 0.5) is 4.79 Å². The molecule has 1 N–H and O–H groups in total. The lowest BCUT2D eigenvalue weighted by Gasteiger charge is -2.34. The molecule has 1 aromatic carbocycles. The molecule has 8 heteroatoms. The van der Waals surface area contributed by atoms with Crippen molar-refractivity contribution in [1.82, 2.24) is 9.80 Å². The van der Waals surface area contributed by atoms with Gasteiger partial charge in [0.25, 0.3) is 0 Å². The van der Waals surface area contributed by atoms with Crippen LogP contribution >= 0.6 is 12.6 Å². The Morgan fingerprint density at radius 3 is 2.44 bits per heavy atom. The Morgan fingerprint density at radius 1 is 1.15 bits per heavy atom. The zero-order valence-electron chi connectivity index (χ0n) is 15.0. The number of carboxylic acids is 1. The fourth-order valence-corrected chi connectivity index (χ4v) is 3.99. The molecule has 0 aliphatic carbocycles. The van der Waals surface area contributed by atoms with Gasteiger partial charge in [0.05, 0.1) is 5.92 Å². The van der Waals surface area contributed by atoms with E-state index in [9.17, 15) is 14.4 Å². The first-order chi connectivity index (χ1) is 13.0. The second-order valence-electron chi connectivity index (χ2n) is 7.04. The summed E-state index contributed by atoms with van der Waals surface area (Å²) in [5.41, 5.74) is 0.881. The maximum atomic E-state index is 12.9. The third-order valence-electron chi connectivity index (χ3n) is 5.16. The number of likely N-dealkylation sites (tertiary alicyclic amines) is 2. The summed E-state index contributed by atoms with van der Waals surface area (Å²) in [4.78, 5) is 39.6.